The Morgan fingerprint density at radius 1 is 0.955 bits per heavy atom. The number of pyridine rings is 1. The SMILES string of the molecule is O=C(NCCOc1ccccc1)c1ccc2ccccc2n1. The van der Waals surface area contributed by atoms with Crippen LogP contribution in [0.5, 0.6) is 5.75 Å². The predicted molar refractivity (Wildman–Crippen MR) is 86.0 cm³/mol. The minimum Gasteiger partial charge on any atom is -0.492 e. The molecule has 4 heteroatoms. The van der Waals surface area contributed by atoms with Gasteiger partial charge in [-0.25, -0.2) is 4.98 Å². The van der Waals surface area contributed by atoms with Gasteiger partial charge in [0.25, 0.3) is 5.91 Å². The fourth-order valence-electron chi connectivity index (χ4n) is 2.13. The Bertz CT molecular complexity index is 772. The lowest BCUT2D eigenvalue weighted by Crippen LogP contribution is -2.28. The molecular weight excluding hydrogens is 276 g/mol. The van der Waals surface area contributed by atoms with Gasteiger partial charge in [0.1, 0.15) is 18.1 Å². The van der Waals surface area contributed by atoms with E-state index < -0.39 is 0 Å². The van der Waals surface area contributed by atoms with E-state index in [9.17, 15) is 4.79 Å². The summed E-state index contributed by atoms with van der Waals surface area (Å²) in [5.41, 5.74) is 1.23. The number of amides is 1. The van der Waals surface area contributed by atoms with Crippen LogP contribution >= 0.6 is 0 Å². The fraction of sp³-hybridized carbons (Fsp3) is 0.111. The third-order valence-electron chi connectivity index (χ3n) is 3.23. The average Bonchev–Trinajstić information content (AvgIpc) is 2.59. The Morgan fingerprint density at radius 2 is 1.73 bits per heavy atom. The van der Waals surface area contributed by atoms with Crippen LogP contribution in [0.2, 0.25) is 0 Å². The Hall–Kier alpha value is -2.88. The molecule has 110 valence electrons. The van der Waals surface area contributed by atoms with Crippen LogP contribution in [-0.2, 0) is 0 Å². The van der Waals surface area contributed by atoms with Crippen molar-refractivity contribution in [3.8, 4) is 5.75 Å². The van der Waals surface area contributed by atoms with Crippen molar-refractivity contribution < 1.29 is 9.53 Å². The lowest BCUT2D eigenvalue weighted by atomic mass is 10.2. The molecule has 0 unspecified atom stereocenters. The summed E-state index contributed by atoms with van der Waals surface area (Å²) in [5, 5.41) is 3.83. The molecule has 2 aromatic carbocycles. The maximum Gasteiger partial charge on any atom is 0.270 e. The first-order valence-electron chi connectivity index (χ1n) is 7.15. The third-order valence-corrected chi connectivity index (χ3v) is 3.23. The summed E-state index contributed by atoms with van der Waals surface area (Å²) in [7, 11) is 0. The van der Waals surface area contributed by atoms with Crippen molar-refractivity contribution in [3.63, 3.8) is 0 Å². The first-order chi connectivity index (χ1) is 10.8. The van der Waals surface area contributed by atoms with Gasteiger partial charge in [-0.15, -0.1) is 0 Å². The molecule has 0 aliphatic heterocycles. The van der Waals surface area contributed by atoms with E-state index in [1.54, 1.807) is 6.07 Å². The van der Waals surface area contributed by atoms with E-state index in [-0.39, 0.29) is 5.91 Å². The molecule has 0 aliphatic carbocycles. The van der Waals surface area contributed by atoms with E-state index in [4.69, 9.17) is 4.74 Å². The predicted octanol–water partition coefficient (Wildman–Crippen LogP) is 3.04. The van der Waals surface area contributed by atoms with Gasteiger partial charge in [-0.05, 0) is 24.3 Å². The second-order valence-electron chi connectivity index (χ2n) is 4.81. The van der Waals surface area contributed by atoms with Gasteiger partial charge < -0.3 is 10.1 Å². The highest BCUT2D eigenvalue weighted by atomic mass is 16.5. The minimum absolute atomic E-state index is 0.192. The van der Waals surface area contributed by atoms with E-state index in [1.807, 2.05) is 60.7 Å². The summed E-state index contributed by atoms with van der Waals surface area (Å²) in [6, 6.07) is 20.9. The number of rotatable bonds is 5. The second kappa shape index (κ2) is 6.72. The molecule has 1 heterocycles. The van der Waals surface area contributed by atoms with Crippen molar-refractivity contribution in [2.75, 3.05) is 13.2 Å². The Morgan fingerprint density at radius 3 is 2.59 bits per heavy atom. The molecule has 0 spiro atoms. The molecule has 4 nitrogen and oxygen atoms in total. The number of fused-ring (bicyclic) bond motifs is 1. The molecule has 1 aromatic heterocycles. The summed E-state index contributed by atoms with van der Waals surface area (Å²) in [6.45, 7) is 0.853. The topological polar surface area (TPSA) is 51.2 Å². The van der Waals surface area contributed by atoms with E-state index in [2.05, 4.69) is 10.3 Å². The summed E-state index contributed by atoms with van der Waals surface area (Å²) >= 11 is 0. The number of carbonyl (C=O) groups is 1. The van der Waals surface area contributed by atoms with Crippen LogP contribution in [0.4, 0.5) is 0 Å². The lowest BCUT2D eigenvalue weighted by molar-refractivity contribution is 0.0942. The van der Waals surface area contributed by atoms with E-state index in [0.29, 0.717) is 18.8 Å². The quantitative estimate of drug-likeness (QED) is 0.735. The van der Waals surface area contributed by atoms with E-state index in [0.717, 1.165) is 16.7 Å². The molecule has 0 saturated heterocycles. The van der Waals surface area contributed by atoms with Crippen LogP contribution in [-0.4, -0.2) is 24.0 Å². The van der Waals surface area contributed by atoms with E-state index >= 15 is 0 Å². The molecular formula is C18H16N2O2. The molecule has 0 aliphatic rings. The largest absolute Gasteiger partial charge is 0.492 e. The molecule has 22 heavy (non-hydrogen) atoms. The smallest absolute Gasteiger partial charge is 0.270 e. The van der Waals surface area contributed by atoms with Crippen molar-refractivity contribution in [3.05, 3.63) is 72.4 Å². The molecule has 1 N–H and O–H groups in total. The Kier molecular flexibility index (Phi) is 4.30. The maximum atomic E-state index is 12.1. The van der Waals surface area contributed by atoms with Gasteiger partial charge in [0, 0.05) is 5.39 Å². The molecule has 3 rings (SSSR count). The zero-order valence-electron chi connectivity index (χ0n) is 12.0. The molecule has 3 aromatic rings. The molecule has 0 fully saturated rings. The Labute approximate surface area is 128 Å². The van der Waals surface area contributed by atoms with Crippen LogP contribution in [0.15, 0.2) is 66.7 Å². The standard InChI is InChI=1S/C18H16N2O2/c21-18(19-12-13-22-15-7-2-1-3-8-15)17-11-10-14-6-4-5-9-16(14)20-17/h1-11H,12-13H2,(H,19,21). The first kappa shape index (κ1) is 14.1. The first-order valence-corrected chi connectivity index (χ1v) is 7.15. The minimum atomic E-state index is -0.192. The number of nitrogens with one attached hydrogen (secondary N) is 1. The number of carbonyl (C=O) groups excluding carboxylic acids is 1. The zero-order chi connectivity index (χ0) is 15.2. The van der Waals surface area contributed by atoms with Crippen molar-refractivity contribution >= 4 is 16.8 Å². The summed E-state index contributed by atoms with van der Waals surface area (Å²) in [4.78, 5) is 16.4. The molecule has 0 bridgehead atoms. The molecule has 0 saturated carbocycles. The second-order valence-corrected chi connectivity index (χ2v) is 4.81. The number of hydrogen-bond donors (Lipinski definition) is 1. The van der Waals surface area contributed by atoms with Crippen LogP contribution in [0, 0.1) is 0 Å². The number of aromatic nitrogens is 1. The van der Waals surface area contributed by atoms with Crippen LogP contribution in [0.25, 0.3) is 10.9 Å². The number of hydrogen-bond acceptors (Lipinski definition) is 3. The third kappa shape index (κ3) is 3.41. The van der Waals surface area contributed by atoms with Gasteiger partial charge in [0.15, 0.2) is 0 Å². The number of benzene rings is 2. The lowest BCUT2D eigenvalue weighted by Gasteiger charge is -2.07. The van der Waals surface area contributed by atoms with Crippen molar-refractivity contribution in [1.29, 1.82) is 0 Å². The zero-order valence-corrected chi connectivity index (χ0v) is 12.0. The highest BCUT2D eigenvalue weighted by Gasteiger charge is 2.07. The van der Waals surface area contributed by atoms with Crippen molar-refractivity contribution in [2.45, 2.75) is 0 Å². The van der Waals surface area contributed by atoms with Gasteiger partial charge in [-0.3, -0.25) is 4.79 Å². The molecule has 0 radical (unpaired) electrons. The monoisotopic (exact) mass is 292 g/mol. The number of nitrogens with zero attached hydrogens (tertiary/aromatic N) is 1. The highest BCUT2D eigenvalue weighted by Crippen LogP contribution is 2.11. The fourth-order valence-corrected chi connectivity index (χ4v) is 2.13. The Balaban J connectivity index is 1.54. The van der Waals surface area contributed by atoms with Crippen molar-refractivity contribution in [2.24, 2.45) is 0 Å². The van der Waals surface area contributed by atoms with Gasteiger partial charge in [0.05, 0.1) is 12.1 Å². The van der Waals surface area contributed by atoms with E-state index in [1.165, 1.54) is 0 Å². The average molecular weight is 292 g/mol. The summed E-state index contributed by atoms with van der Waals surface area (Å²) in [6.07, 6.45) is 0. The normalized spacial score (nSPS) is 10.4. The van der Waals surface area contributed by atoms with Crippen LogP contribution < -0.4 is 10.1 Å². The molecule has 1 amide bonds. The highest BCUT2D eigenvalue weighted by molar-refractivity contribution is 5.94. The molecule has 0 atom stereocenters. The van der Waals surface area contributed by atoms with Gasteiger partial charge in [-0.2, -0.15) is 0 Å². The summed E-state index contributed by atoms with van der Waals surface area (Å²) in [5.74, 6) is 0.600. The van der Waals surface area contributed by atoms with Crippen LogP contribution in [0.3, 0.4) is 0 Å². The number of ether oxygens (including phenoxy) is 1. The van der Waals surface area contributed by atoms with Gasteiger partial charge in [0.2, 0.25) is 0 Å². The van der Waals surface area contributed by atoms with Crippen molar-refractivity contribution in [1.82, 2.24) is 10.3 Å². The number of para-hydroxylation sites is 2. The van der Waals surface area contributed by atoms with Crippen LogP contribution in [0.1, 0.15) is 10.5 Å². The van der Waals surface area contributed by atoms with Gasteiger partial charge in [-0.1, -0.05) is 42.5 Å². The summed E-state index contributed by atoms with van der Waals surface area (Å²) < 4.78 is 5.53. The maximum absolute atomic E-state index is 12.1. The van der Waals surface area contributed by atoms with Gasteiger partial charge >= 0.3 is 0 Å².